The van der Waals surface area contributed by atoms with E-state index in [-0.39, 0.29) is 12.6 Å². The maximum atomic E-state index is 9.05. The van der Waals surface area contributed by atoms with Gasteiger partial charge >= 0.3 is 0 Å². The van der Waals surface area contributed by atoms with Crippen molar-refractivity contribution < 1.29 is 5.11 Å². The van der Waals surface area contributed by atoms with Gasteiger partial charge in [-0.3, -0.25) is 4.90 Å². The molecule has 0 radical (unpaired) electrons. The van der Waals surface area contributed by atoms with Crippen LogP contribution < -0.4 is 5.73 Å². The van der Waals surface area contributed by atoms with Crippen molar-refractivity contribution in [1.82, 2.24) is 4.90 Å². The molecule has 0 saturated carbocycles. The second-order valence-corrected chi connectivity index (χ2v) is 3.47. The minimum Gasteiger partial charge on any atom is -0.395 e. The number of aliphatic hydroxyl groups excluding tert-OH is 1. The molecule has 0 spiro atoms. The molecule has 1 aromatic carbocycles. The van der Waals surface area contributed by atoms with Crippen molar-refractivity contribution >= 4 is 0 Å². The lowest BCUT2D eigenvalue weighted by atomic mass is 10.2. The Balaban J connectivity index is 2.52. The third kappa shape index (κ3) is 3.10. The maximum Gasteiger partial charge on any atom is 0.0599 e. The summed E-state index contributed by atoms with van der Waals surface area (Å²) in [5.74, 6) is 0. The summed E-state index contributed by atoms with van der Waals surface area (Å²) in [5.41, 5.74) is 6.77. The van der Waals surface area contributed by atoms with Crippen molar-refractivity contribution in [3.05, 3.63) is 35.9 Å². The number of nitrogens with two attached hydrogens (primary N) is 1. The highest BCUT2D eigenvalue weighted by atomic mass is 16.3. The van der Waals surface area contributed by atoms with E-state index < -0.39 is 0 Å². The van der Waals surface area contributed by atoms with E-state index in [4.69, 9.17) is 10.8 Å². The van der Waals surface area contributed by atoms with E-state index in [1.807, 2.05) is 25.2 Å². The highest BCUT2D eigenvalue weighted by Crippen LogP contribution is 2.04. The van der Waals surface area contributed by atoms with Gasteiger partial charge in [-0.2, -0.15) is 0 Å². The largest absolute Gasteiger partial charge is 0.395 e. The summed E-state index contributed by atoms with van der Waals surface area (Å²) in [5, 5.41) is 9.05. The molecule has 3 nitrogen and oxygen atoms in total. The molecule has 0 saturated heterocycles. The van der Waals surface area contributed by atoms with E-state index >= 15 is 0 Å². The SMILES string of the molecule is CN(Cc1ccccc1)C(CN)CO. The number of hydrogen-bond acceptors (Lipinski definition) is 3. The summed E-state index contributed by atoms with van der Waals surface area (Å²) < 4.78 is 0. The summed E-state index contributed by atoms with van der Waals surface area (Å²) in [4.78, 5) is 2.06. The molecule has 0 amide bonds. The van der Waals surface area contributed by atoms with Crippen LogP contribution in [0.2, 0.25) is 0 Å². The fourth-order valence-electron chi connectivity index (χ4n) is 1.39. The van der Waals surface area contributed by atoms with Crippen molar-refractivity contribution in [2.24, 2.45) is 5.73 Å². The number of hydrogen-bond donors (Lipinski definition) is 2. The second kappa shape index (κ2) is 5.75. The number of likely N-dealkylation sites (N-methyl/N-ethyl adjacent to an activating group) is 1. The standard InChI is InChI=1S/C11H18N2O/c1-13(11(7-12)9-14)8-10-5-3-2-4-6-10/h2-6,11,14H,7-9,12H2,1H3. The molecule has 0 aliphatic carbocycles. The van der Waals surface area contributed by atoms with Gasteiger partial charge in [-0.05, 0) is 12.6 Å². The zero-order valence-corrected chi connectivity index (χ0v) is 8.56. The van der Waals surface area contributed by atoms with Crippen LogP contribution in [0.1, 0.15) is 5.56 Å². The Hall–Kier alpha value is -0.900. The maximum absolute atomic E-state index is 9.05. The molecule has 1 unspecified atom stereocenters. The lowest BCUT2D eigenvalue weighted by Crippen LogP contribution is -2.40. The van der Waals surface area contributed by atoms with Gasteiger partial charge < -0.3 is 10.8 Å². The van der Waals surface area contributed by atoms with Gasteiger partial charge in [0, 0.05) is 19.1 Å². The molecule has 78 valence electrons. The lowest BCUT2D eigenvalue weighted by molar-refractivity contribution is 0.146. The van der Waals surface area contributed by atoms with E-state index in [9.17, 15) is 0 Å². The van der Waals surface area contributed by atoms with Gasteiger partial charge in [0.1, 0.15) is 0 Å². The molecule has 3 heteroatoms. The summed E-state index contributed by atoms with van der Waals surface area (Å²) in [6.45, 7) is 1.42. The molecule has 1 rings (SSSR count). The van der Waals surface area contributed by atoms with Crippen molar-refractivity contribution in [3.63, 3.8) is 0 Å². The summed E-state index contributed by atoms with van der Waals surface area (Å²) >= 11 is 0. The Labute approximate surface area is 85.2 Å². The van der Waals surface area contributed by atoms with Crippen molar-refractivity contribution in [3.8, 4) is 0 Å². The number of rotatable bonds is 5. The van der Waals surface area contributed by atoms with E-state index in [1.54, 1.807) is 0 Å². The van der Waals surface area contributed by atoms with Gasteiger partial charge in [0.05, 0.1) is 6.61 Å². The third-order valence-corrected chi connectivity index (χ3v) is 2.38. The first-order chi connectivity index (χ1) is 6.77. The van der Waals surface area contributed by atoms with E-state index in [0.717, 1.165) is 6.54 Å². The minimum absolute atomic E-state index is 0.0511. The summed E-state index contributed by atoms with van der Waals surface area (Å²) in [6, 6.07) is 10.2. The highest BCUT2D eigenvalue weighted by Gasteiger charge is 2.11. The Morgan fingerprint density at radius 3 is 2.50 bits per heavy atom. The summed E-state index contributed by atoms with van der Waals surface area (Å²) in [6.07, 6.45) is 0. The third-order valence-electron chi connectivity index (χ3n) is 2.38. The molecule has 0 fully saturated rings. The first kappa shape index (κ1) is 11.2. The van der Waals surface area contributed by atoms with Gasteiger partial charge in [-0.1, -0.05) is 30.3 Å². The van der Waals surface area contributed by atoms with Crippen LogP contribution in [-0.2, 0) is 6.54 Å². The first-order valence-corrected chi connectivity index (χ1v) is 4.83. The topological polar surface area (TPSA) is 49.5 Å². The van der Waals surface area contributed by atoms with Crippen LogP contribution in [0.15, 0.2) is 30.3 Å². The van der Waals surface area contributed by atoms with Crippen LogP contribution in [0.5, 0.6) is 0 Å². The van der Waals surface area contributed by atoms with Crippen LogP contribution >= 0.6 is 0 Å². The number of aliphatic hydroxyl groups is 1. The number of benzene rings is 1. The average Bonchev–Trinajstić information content (AvgIpc) is 2.21. The van der Waals surface area contributed by atoms with Gasteiger partial charge in [-0.15, -0.1) is 0 Å². The first-order valence-electron chi connectivity index (χ1n) is 4.83. The second-order valence-electron chi connectivity index (χ2n) is 3.47. The molecule has 0 heterocycles. The van der Waals surface area contributed by atoms with Crippen molar-refractivity contribution in [1.29, 1.82) is 0 Å². The molecule has 1 aromatic rings. The van der Waals surface area contributed by atoms with Gasteiger partial charge in [0.2, 0.25) is 0 Å². The van der Waals surface area contributed by atoms with Crippen LogP contribution in [0.25, 0.3) is 0 Å². The Bertz CT molecular complexity index is 247. The lowest BCUT2D eigenvalue weighted by Gasteiger charge is -2.24. The van der Waals surface area contributed by atoms with E-state index in [2.05, 4.69) is 17.0 Å². The molecule has 14 heavy (non-hydrogen) atoms. The van der Waals surface area contributed by atoms with E-state index in [0.29, 0.717) is 6.54 Å². The molecule has 3 N–H and O–H groups in total. The zero-order chi connectivity index (χ0) is 10.4. The van der Waals surface area contributed by atoms with Crippen LogP contribution in [0, 0.1) is 0 Å². The van der Waals surface area contributed by atoms with Gasteiger partial charge in [-0.25, -0.2) is 0 Å². The van der Waals surface area contributed by atoms with Crippen molar-refractivity contribution in [2.45, 2.75) is 12.6 Å². The molecule has 0 aromatic heterocycles. The predicted octanol–water partition coefficient (Wildman–Crippen LogP) is 0.438. The number of nitrogens with zero attached hydrogens (tertiary/aromatic N) is 1. The Kier molecular flexibility index (Phi) is 4.59. The smallest absolute Gasteiger partial charge is 0.0599 e. The quantitative estimate of drug-likeness (QED) is 0.715. The highest BCUT2D eigenvalue weighted by molar-refractivity contribution is 5.14. The monoisotopic (exact) mass is 194 g/mol. The Morgan fingerprint density at radius 2 is 2.00 bits per heavy atom. The molecule has 0 bridgehead atoms. The van der Waals surface area contributed by atoms with Gasteiger partial charge in [0.25, 0.3) is 0 Å². The van der Waals surface area contributed by atoms with Crippen LogP contribution in [-0.4, -0.2) is 36.2 Å². The zero-order valence-electron chi connectivity index (χ0n) is 8.56. The molecular formula is C11H18N2O. The minimum atomic E-state index is 0.0511. The summed E-state index contributed by atoms with van der Waals surface area (Å²) in [7, 11) is 1.97. The van der Waals surface area contributed by atoms with Crippen LogP contribution in [0.3, 0.4) is 0 Å². The molecular weight excluding hydrogens is 176 g/mol. The average molecular weight is 194 g/mol. The Morgan fingerprint density at radius 1 is 1.36 bits per heavy atom. The van der Waals surface area contributed by atoms with E-state index in [1.165, 1.54) is 5.56 Å². The van der Waals surface area contributed by atoms with Crippen molar-refractivity contribution in [2.75, 3.05) is 20.2 Å². The molecule has 0 aliphatic heterocycles. The molecule has 0 aliphatic rings. The van der Waals surface area contributed by atoms with Crippen LogP contribution in [0.4, 0.5) is 0 Å². The molecule has 1 atom stereocenters. The fourth-order valence-corrected chi connectivity index (χ4v) is 1.39. The fraction of sp³-hybridized carbons (Fsp3) is 0.455. The predicted molar refractivity (Wildman–Crippen MR) is 57.8 cm³/mol. The normalized spacial score (nSPS) is 13.1. The van der Waals surface area contributed by atoms with Gasteiger partial charge in [0.15, 0.2) is 0 Å².